The van der Waals surface area contributed by atoms with Crippen molar-refractivity contribution in [1.82, 2.24) is 0 Å². The van der Waals surface area contributed by atoms with Gasteiger partial charge in [-0.15, -0.1) is 0 Å². The molecule has 0 bridgehead atoms. The molecule has 0 amide bonds. The third-order valence-electron chi connectivity index (χ3n) is 3.23. The Labute approximate surface area is 144 Å². The average molecular weight is 377 g/mol. The number of ether oxygens (including phenoxy) is 1. The van der Waals surface area contributed by atoms with Crippen LogP contribution in [-0.2, 0) is 0 Å². The van der Waals surface area contributed by atoms with E-state index in [1.165, 1.54) is 18.2 Å². The van der Waals surface area contributed by atoms with Gasteiger partial charge in [-0.25, -0.2) is 4.39 Å². The molecule has 0 aliphatic rings. The van der Waals surface area contributed by atoms with E-state index in [0.29, 0.717) is 12.2 Å². The van der Waals surface area contributed by atoms with Crippen LogP contribution in [0.1, 0.15) is 28.8 Å². The van der Waals surface area contributed by atoms with Crippen LogP contribution in [-0.4, -0.2) is 17.7 Å². The molecule has 0 unspecified atom stereocenters. The van der Waals surface area contributed by atoms with Crippen molar-refractivity contribution >= 4 is 27.8 Å². The summed E-state index contributed by atoms with van der Waals surface area (Å²) >= 11 is 3.38. The number of allylic oxidation sites excluding steroid dienone is 1. The highest BCUT2D eigenvalue weighted by molar-refractivity contribution is 9.09. The molecule has 0 aromatic heterocycles. The minimum atomic E-state index is -0.291. The van der Waals surface area contributed by atoms with Gasteiger partial charge in [0.15, 0.2) is 5.78 Å². The lowest BCUT2D eigenvalue weighted by Gasteiger charge is -2.05. The highest BCUT2D eigenvalue weighted by Gasteiger charge is 2.02. The summed E-state index contributed by atoms with van der Waals surface area (Å²) in [5.41, 5.74) is 1.38. The quantitative estimate of drug-likeness (QED) is 0.271. The van der Waals surface area contributed by atoms with E-state index < -0.39 is 0 Å². The number of rotatable bonds is 8. The molecule has 2 rings (SSSR count). The van der Waals surface area contributed by atoms with Crippen molar-refractivity contribution in [2.75, 3.05) is 11.9 Å². The van der Waals surface area contributed by atoms with Gasteiger partial charge in [0.05, 0.1) is 6.61 Å². The first kappa shape index (κ1) is 17.4. The van der Waals surface area contributed by atoms with Crippen molar-refractivity contribution in [3.05, 3.63) is 71.6 Å². The fraction of sp³-hybridized carbons (Fsp3) is 0.211. The van der Waals surface area contributed by atoms with Gasteiger partial charge in [0.1, 0.15) is 11.6 Å². The van der Waals surface area contributed by atoms with Gasteiger partial charge in [-0.3, -0.25) is 4.79 Å². The van der Waals surface area contributed by atoms with Crippen LogP contribution in [0.2, 0.25) is 0 Å². The third kappa shape index (κ3) is 5.99. The smallest absolute Gasteiger partial charge is 0.185 e. The van der Waals surface area contributed by atoms with Crippen LogP contribution in [0.5, 0.6) is 5.75 Å². The van der Waals surface area contributed by atoms with Crippen molar-refractivity contribution < 1.29 is 13.9 Å². The van der Waals surface area contributed by atoms with Crippen LogP contribution in [0.15, 0.2) is 54.6 Å². The van der Waals surface area contributed by atoms with E-state index in [2.05, 4.69) is 15.9 Å². The average Bonchev–Trinajstić information content (AvgIpc) is 2.58. The summed E-state index contributed by atoms with van der Waals surface area (Å²) < 4.78 is 18.4. The second-order valence-corrected chi connectivity index (χ2v) is 5.81. The molecule has 0 saturated carbocycles. The van der Waals surface area contributed by atoms with Gasteiger partial charge in [0.2, 0.25) is 0 Å². The van der Waals surface area contributed by atoms with Crippen molar-refractivity contribution in [3.8, 4) is 5.75 Å². The first-order valence-electron chi connectivity index (χ1n) is 7.46. The molecule has 0 saturated heterocycles. The highest BCUT2D eigenvalue weighted by Crippen LogP contribution is 2.14. The van der Waals surface area contributed by atoms with Crippen molar-refractivity contribution in [2.45, 2.75) is 12.8 Å². The monoisotopic (exact) mass is 376 g/mol. The molecule has 2 aromatic rings. The molecule has 23 heavy (non-hydrogen) atoms. The van der Waals surface area contributed by atoms with Crippen LogP contribution < -0.4 is 4.74 Å². The third-order valence-corrected chi connectivity index (χ3v) is 3.79. The number of hydrogen-bond acceptors (Lipinski definition) is 2. The summed E-state index contributed by atoms with van der Waals surface area (Å²) in [5.74, 6) is 0.374. The van der Waals surface area contributed by atoms with Crippen molar-refractivity contribution in [1.29, 1.82) is 0 Å². The Morgan fingerprint density at radius 2 is 1.74 bits per heavy atom. The second kappa shape index (κ2) is 9.26. The molecule has 0 N–H and O–H groups in total. The Hall–Kier alpha value is -1.94. The SMILES string of the molecule is O=C(C=Cc1ccc(F)cc1)c1ccc(OCCCCBr)cc1. The van der Waals surface area contributed by atoms with E-state index in [1.54, 1.807) is 42.5 Å². The van der Waals surface area contributed by atoms with Crippen LogP contribution in [0.25, 0.3) is 6.08 Å². The lowest BCUT2D eigenvalue weighted by atomic mass is 10.1. The predicted octanol–water partition coefficient (Wildman–Crippen LogP) is 5.28. The fourth-order valence-corrected chi connectivity index (χ4v) is 2.34. The van der Waals surface area contributed by atoms with E-state index in [4.69, 9.17) is 4.74 Å². The van der Waals surface area contributed by atoms with Gasteiger partial charge in [0, 0.05) is 10.9 Å². The second-order valence-electron chi connectivity index (χ2n) is 5.02. The zero-order valence-electron chi connectivity index (χ0n) is 12.7. The van der Waals surface area contributed by atoms with E-state index in [9.17, 15) is 9.18 Å². The van der Waals surface area contributed by atoms with Gasteiger partial charge < -0.3 is 4.74 Å². The molecule has 4 heteroatoms. The maximum absolute atomic E-state index is 12.8. The number of hydrogen-bond donors (Lipinski definition) is 0. The Morgan fingerprint density at radius 3 is 2.39 bits per heavy atom. The van der Waals surface area contributed by atoms with Crippen molar-refractivity contribution in [2.24, 2.45) is 0 Å². The van der Waals surface area contributed by atoms with E-state index in [1.807, 2.05) is 0 Å². The van der Waals surface area contributed by atoms with Crippen LogP contribution >= 0.6 is 15.9 Å². The van der Waals surface area contributed by atoms with Gasteiger partial charge in [-0.1, -0.05) is 34.1 Å². The number of benzene rings is 2. The van der Waals surface area contributed by atoms with Gasteiger partial charge in [-0.2, -0.15) is 0 Å². The normalized spacial score (nSPS) is 10.9. The summed E-state index contributed by atoms with van der Waals surface area (Å²) in [6.45, 7) is 0.670. The Balaban J connectivity index is 1.90. The Kier molecular flexibility index (Phi) is 7.01. The molecule has 0 radical (unpaired) electrons. The molecule has 0 atom stereocenters. The fourth-order valence-electron chi connectivity index (χ4n) is 1.94. The first-order chi connectivity index (χ1) is 11.2. The number of halogens is 2. The lowest BCUT2D eigenvalue weighted by Crippen LogP contribution is -1.99. The molecule has 0 spiro atoms. The number of alkyl halides is 1. The van der Waals surface area contributed by atoms with E-state index >= 15 is 0 Å². The molecule has 2 nitrogen and oxygen atoms in total. The summed E-state index contributed by atoms with van der Waals surface area (Å²) in [7, 11) is 0. The molecule has 0 aliphatic heterocycles. The molecular weight excluding hydrogens is 359 g/mol. The minimum absolute atomic E-state index is 0.0971. The summed E-state index contributed by atoms with van der Waals surface area (Å²) in [5, 5.41) is 0.976. The van der Waals surface area contributed by atoms with E-state index in [0.717, 1.165) is 29.5 Å². The van der Waals surface area contributed by atoms with Gasteiger partial charge >= 0.3 is 0 Å². The summed E-state index contributed by atoms with van der Waals surface area (Å²) in [6, 6.07) is 13.1. The molecule has 0 aliphatic carbocycles. The lowest BCUT2D eigenvalue weighted by molar-refractivity contribution is 0.104. The van der Waals surface area contributed by atoms with Gasteiger partial charge in [0.25, 0.3) is 0 Å². The molecular formula is C19H18BrFO2. The maximum atomic E-state index is 12.8. The molecule has 0 fully saturated rings. The zero-order valence-corrected chi connectivity index (χ0v) is 14.3. The molecule has 0 heterocycles. The number of carbonyl (C=O) groups excluding carboxylic acids is 1. The minimum Gasteiger partial charge on any atom is -0.494 e. The zero-order chi connectivity index (χ0) is 16.5. The first-order valence-corrected chi connectivity index (χ1v) is 8.58. The largest absolute Gasteiger partial charge is 0.494 e. The van der Waals surface area contributed by atoms with Gasteiger partial charge in [-0.05, 0) is 60.9 Å². The van der Waals surface area contributed by atoms with Crippen LogP contribution in [0, 0.1) is 5.82 Å². The Morgan fingerprint density at radius 1 is 1.04 bits per heavy atom. The number of unbranched alkanes of at least 4 members (excludes halogenated alkanes) is 1. The number of ketones is 1. The van der Waals surface area contributed by atoms with Crippen LogP contribution in [0.3, 0.4) is 0 Å². The van der Waals surface area contributed by atoms with Crippen LogP contribution in [0.4, 0.5) is 4.39 Å². The topological polar surface area (TPSA) is 26.3 Å². The Bertz CT molecular complexity index is 648. The molecule has 120 valence electrons. The van der Waals surface area contributed by atoms with E-state index in [-0.39, 0.29) is 11.6 Å². The highest BCUT2D eigenvalue weighted by atomic mass is 79.9. The summed E-state index contributed by atoms with van der Waals surface area (Å²) in [4.78, 5) is 12.1. The van der Waals surface area contributed by atoms with Crippen molar-refractivity contribution in [3.63, 3.8) is 0 Å². The predicted molar refractivity (Wildman–Crippen MR) is 94.7 cm³/mol. The maximum Gasteiger partial charge on any atom is 0.185 e. The summed E-state index contributed by atoms with van der Waals surface area (Å²) in [6.07, 6.45) is 5.22. The standard InChI is InChI=1S/C19H18BrFO2/c20-13-1-2-14-23-18-10-6-16(7-11-18)19(22)12-5-15-3-8-17(21)9-4-15/h3-12H,1-2,13-14H2. The number of carbonyl (C=O) groups is 1. The molecule has 2 aromatic carbocycles.